The van der Waals surface area contributed by atoms with E-state index in [-0.39, 0.29) is 5.60 Å². The van der Waals surface area contributed by atoms with Gasteiger partial charge in [-0.3, -0.25) is 0 Å². The van der Waals surface area contributed by atoms with Crippen LogP contribution >= 0.6 is 22.7 Å². The van der Waals surface area contributed by atoms with Crippen molar-refractivity contribution < 1.29 is 14.6 Å². The Hall–Kier alpha value is -1.44. The number of thiophene rings is 1. The van der Waals surface area contributed by atoms with Crippen LogP contribution in [0.2, 0.25) is 0 Å². The van der Waals surface area contributed by atoms with Crippen LogP contribution in [-0.2, 0) is 16.8 Å². The Morgan fingerprint density at radius 1 is 1.41 bits per heavy atom. The van der Waals surface area contributed by atoms with Gasteiger partial charge >= 0.3 is 5.97 Å². The molecule has 1 saturated heterocycles. The van der Waals surface area contributed by atoms with Crippen LogP contribution in [0, 0.1) is 0 Å². The molecule has 116 valence electrons. The SMILES string of the molecule is O=C(O)c1cc2c(s1)CCOC21CCN(c2nccs2)CC1. The first-order valence-corrected chi connectivity index (χ1v) is 9.02. The quantitative estimate of drug-likeness (QED) is 0.913. The molecular weight excluding hydrogens is 320 g/mol. The van der Waals surface area contributed by atoms with Gasteiger partial charge in [0.1, 0.15) is 4.88 Å². The molecule has 5 nitrogen and oxygen atoms in total. The highest BCUT2D eigenvalue weighted by atomic mass is 32.1. The molecule has 1 N–H and O–H groups in total. The van der Waals surface area contributed by atoms with E-state index in [4.69, 9.17) is 4.74 Å². The molecule has 0 bridgehead atoms. The van der Waals surface area contributed by atoms with Crippen molar-refractivity contribution >= 4 is 33.8 Å². The third-order valence-electron chi connectivity index (χ3n) is 4.48. The first-order valence-electron chi connectivity index (χ1n) is 7.33. The van der Waals surface area contributed by atoms with Gasteiger partial charge in [-0.25, -0.2) is 9.78 Å². The van der Waals surface area contributed by atoms with Crippen LogP contribution in [-0.4, -0.2) is 35.8 Å². The number of nitrogens with zero attached hydrogens (tertiary/aromatic N) is 2. The Morgan fingerprint density at radius 3 is 2.91 bits per heavy atom. The van der Waals surface area contributed by atoms with Gasteiger partial charge in [-0.05, 0) is 24.5 Å². The average molecular weight is 336 g/mol. The number of piperidine rings is 1. The summed E-state index contributed by atoms with van der Waals surface area (Å²) in [5.41, 5.74) is 0.811. The van der Waals surface area contributed by atoms with E-state index in [9.17, 15) is 9.90 Å². The number of carbonyl (C=O) groups is 1. The van der Waals surface area contributed by atoms with E-state index in [1.807, 2.05) is 17.6 Å². The molecule has 1 fully saturated rings. The monoisotopic (exact) mass is 336 g/mol. The molecule has 0 amide bonds. The van der Waals surface area contributed by atoms with Crippen molar-refractivity contribution in [3.8, 4) is 0 Å². The number of hydrogen-bond donors (Lipinski definition) is 1. The molecule has 7 heteroatoms. The largest absolute Gasteiger partial charge is 0.477 e. The number of aromatic carboxylic acids is 1. The molecule has 2 aliphatic rings. The maximum Gasteiger partial charge on any atom is 0.345 e. The summed E-state index contributed by atoms with van der Waals surface area (Å²) in [6.45, 7) is 2.47. The van der Waals surface area contributed by atoms with Gasteiger partial charge in [0.2, 0.25) is 0 Å². The van der Waals surface area contributed by atoms with E-state index in [0.29, 0.717) is 11.5 Å². The predicted molar refractivity (Wildman–Crippen MR) is 86.2 cm³/mol. The van der Waals surface area contributed by atoms with Crippen molar-refractivity contribution in [2.45, 2.75) is 24.9 Å². The third-order valence-corrected chi connectivity index (χ3v) is 6.49. The average Bonchev–Trinajstić information content (AvgIpc) is 3.18. The molecule has 0 aromatic carbocycles. The number of carboxylic acids is 1. The minimum atomic E-state index is -0.838. The number of thiazole rings is 1. The summed E-state index contributed by atoms with van der Waals surface area (Å²) in [4.78, 5) is 19.5. The number of aromatic nitrogens is 1. The highest BCUT2D eigenvalue weighted by molar-refractivity contribution is 7.14. The van der Waals surface area contributed by atoms with Gasteiger partial charge in [0.25, 0.3) is 0 Å². The van der Waals surface area contributed by atoms with Gasteiger partial charge in [-0.2, -0.15) is 0 Å². The van der Waals surface area contributed by atoms with Crippen molar-refractivity contribution in [1.82, 2.24) is 4.98 Å². The second-order valence-corrected chi connectivity index (χ2v) is 7.66. The lowest BCUT2D eigenvalue weighted by Crippen LogP contribution is -2.46. The molecule has 4 rings (SSSR count). The Balaban J connectivity index is 1.60. The van der Waals surface area contributed by atoms with E-state index in [0.717, 1.165) is 43.0 Å². The maximum absolute atomic E-state index is 11.3. The summed E-state index contributed by atoms with van der Waals surface area (Å²) in [5, 5.41) is 12.3. The topological polar surface area (TPSA) is 62.7 Å². The molecule has 2 aromatic rings. The Labute approximate surface area is 136 Å². The van der Waals surface area contributed by atoms with Crippen LogP contribution in [0.4, 0.5) is 5.13 Å². The van der Waals surface area contributed by atoms with Crippen molar-refractivity contribution in [3.63, 3.8) is 0 Å². The van der Waals surface area contributed by atoms with Crippen molar-refractivity contribution in [3.05, 3.63) is 33.0 Å². The molecule has 4 heterocycles. The van der Waals surface area contributed by atoms with Gasteiger partial charge in [0.05, 0.1) is 12.2 Å². The van der Waals surface area contributed by atoms with Crippen LogP contribution < -0.4 is 4.90 Å². The second kappa shape index (κ2) is 5.33. The molecule has 0 aliphatic carbocycles. The number of hydrogen-bond acceptors (Lipinski definition) is 6. The zero-order valence-corrected chi connectivity index (χ0v) is 13.6. The molecule has 0 saturated carbocycles. The first kappa shape index (κ1) is 14.2. The summed E-state index contributed by atoms with van der Waals surface area (Å²) in [7, 11) is 0. The minimum absolute atomic E-state index is 0.300. The van der Waals surface area contributed by atoms with Crippen molar-refractivity contribution in [1.29, 1.82) is 0 Å². The standard InChI is InChI=1S/C15H16N2O3S2/c18-13(19)12-9-10-11(22-12)1-7-20-15(10)2-5-17(6-3-15)14-16-4-8-21-14/h4,8-9H,1-3,5-7H2,(H,18,19). The number of carboxylic acid groups (broad SMARTS) is 1. The Kier molecular flexibility index (Phi) is 3.43. The van der Waals surface area contributed by atoms with Gasteiger partial charge in [0.15, 0.2) is 5.13 Å². The Morgan fingerprint density at radius 2 is 2.23 bits per heavy atom. The smallest absolute Gasteiger partial charge is 0.345 e. The van der Waals surface area contributed by atoms with E-state index in [1.54, 1.807) is 11.3 Å². The summed E-state index contributed by atoms with van der Waals surface area (Å²) >= 11 is 3.06. The van der Waals surface area contributed by atoms with E-state index in [1.165, 1.54) is 16.2 Å². The number of rotatable bonds is 2. The van der Waals surface area contributed by atoms with Gasteiger partial charge in [0, 0.05) is 36.0 Å². The van der Waals surface area contributed by atoms with E-state index >= 15 is 0 Å². The van der Waals surface area contributed by atoms with Gasteiger partial charge < -0.3 is 14.7 Å². The highest BCUT2D eigenvalue weighted by Gasteiger charge is 2.42. The van der Waals surface area contributed by atoms with Crippen LogP contribution in [0.5, 0.6) is 0 Å². The lowest BCUT2D eigenvalue weighted by Gasteiger charge is -2.44. The second-order valence-electron chi connectivity index (χ2n) is 5.65. The van der Waals surface area contributed by atoms with Crippen molar-refractivity contribution in [2.24, 2.45) is 0 Å². The van der Waals surface area contributed by atoms with Crippen LogP contribution in [0.15, 0.2) is 17.6 Å². The predicted octanol–water partition coefficient (Wildman–Crippen LogP) is 2.97. The zero-order valence-electron chi connectivity index (χ0n) is 11.9. The summed E-state index contributed by atoms with van der Waals surface area (Å²) < 4.78 is 6.16. The minimum Gasteiger partial charge on any atom is -0.477 e. The summed E-state index contributed by atoms with van der Waals surface area (Å²) in [5.74, 6) is -0.838. The fourth-order valence-corrected chi connectivity index (χ4v) is 5.13. The third kappa shape index (κ3) is 2.24. The van der Waals surface area contributed by atoms with Gasteiger partial charge in [-0.15, -0.1) is 22.7 Å². The highest BCUT2D eigenvalue weighted by Crippen LogP contribution is 2.45. The maximum atomic E-state index is 11.3. The van der Waals surface area contributed by atoms with Crippen LogP contribution in [0.1, 0.15) is 33.0 Å². The number of anilines is 1. The molecule has 2 aliphatic heterocycles. The summed E-state index contributed by atoms with van der Waals surface area (Å²) in [6.07, 6.45) is 4.42. The molecule has 22 heavy (non-hydrogen) atoms. The molecular formula is C15H16N2O3S2. The van der Waals surface area contributed by atoms with Gasteiger partial charge in [-0.1, -0.05) is 0 Å². The van der Waals surface area contributed by atoms with Crippen molar-refractivity contribution in [2.75, 3.05) is 24.6 Å². The number of fused-ring (bicyclic) bond motifs is 2. The molecule has 1 spiro atoms. The molecule has 0 atom stereocenters. The lowest BCUT2D eigenvalue weighted by atomic mass is 9.82. The van der Waals surface area contributed by atoms with Crippen LogP contribution in [0.25, 0.3) is 0 Å². The fraction of sp³-hybridized carbons (Fsp3) is 0.467. The fourth-order valence-electron chi connectivity index (χ4n) is 3.37. The zero-order chi connectivity index (χ0) is 15.2. The molecule has 0 radical (unpaired) electrons. The molecule has 2 aromatic heterocycles. The van der Waals surface area contributed by atoms with E-state index in [2.05, 4.69) is 9.88 Å². The lowest BCUT2D eigenvalue weighted by molar-refractivity contribution is -0.0756. The first-order chi connectivity index (χ1) is 10.7. The number of ether oxygens (including phenoxy) is 1. The van der Waals surface area contributed by atoms with Crippen LogP contribution in [0.3, 0.4) is 0 Å². The normalized spacial score (nSPS) is 20.1. The van der Waals surface area contributed by atoms with E-state index < -0.39 is 5.97 Å². The molecule has 0 unspecified atom stereocenters. The Bertz CT molecular complexity index is 688. The summed E-state index contributed by atoms with van der Waals surface area (Å²) in [6, 6.07) is 1.83.